The van der Waals surface area contributed by atoms with Gasteiger partial charge < -0.3 is 5.32 Å². The second-order valence-corrected chi connectivity index (χ2v) is 6.38. The predicted molar refractivity (Wildman–Crippen MR) is 75.2 cm³/mol. The largest absolute Gasteiger partial charge is 0.416 e. The summed E-state index contributed by atoms with van der Waals surface area (Å²) in [6.07, 6.45) is -4.35. The second kappa shape index (κ2) is 6.15. The molecule has 0 amide bonds. The third kappa shape index (κ3) is 3.74. The Bertz CT molecular complexity index is 594. The van der Waals surface area contributed by atoms with E-state index in [9.17, 15) is 13.2 Å². The number of rotatable bonds is 4. The number of nitrogens with one attached hydrogen (secondary N) is 1. The van der Waals surface area contributed by atoms with Gasteiger partial charge in [0, 0.05) is 22.5 Å². The molecule has 0 saturated carbocycles. The van der Waals surface area contributed by atoms with Crippen molar-refractivity contribution in [3.05, 3.63) is 40.4 Å². The van der Waals surface area contributed by atoms with Crippen molar-refractivity contribution < 1.29 is 13.2 Å². The first-order valence-corrected chi connectivity index (χ1v) is 7.54. The maximum absolute atomic E-state index is 13.0. The molecule has 0 spiro atoms. The first-order valence-electron chi connectivity index (χ1n) is 5.85. The van der Waals surface area contributed by atoms with Gasteiger partial charge in [0.05, 0.1) is 5.56 Å². The molecule has 1 heterocycles. The molecule has 20 heavy (non-hydrogen) atoms. The van der Waals surface area contributed by atoms with Crippen LogP contribution in [0.25, 0.3) is 0 Å². The number of hydrogen-bond donors (Lipinski definition) is 1. The topological polar surface area (TPSA) is 24.9 Å². The van der Waals surface area contributed by atoms with E-state index in [4.69, 9.17) is 0 Å². The summed E-state index contributed by atoms with van der Waals surface area (Å²) in [5.41, 5.74) is 0.533. The van der Waals surface area contributed by atoms with Crippen LogP contribution in [0.1, 0.15) is 16.8 Å². The summed E-state index contributed by atoms with van der Waals surface area (Å²) in [5, 5.41) is 4.63. The zero-order chi connectivity index (χ0) is 14.8. The molecule has 0 bridgehead atoms. The maximum atomic E-state index is 13.0. The Labute approximate surface area is 123 Å². The van der Waals surface area contributed by atoms with Crippen LogP contribution in [0.15, 0.2) is 32.8 Å². The average Bonchev–Trinajstić information content (AvgIpc) is 2.76. The summed E-state index contributed by atoms with van der Waals surface area (Å²) in [6, 6.07) is 4.40. The number of benzene rings is 1. The van der Waals surface area contributed by atoms with Gasteiger partial charge in [-0.2, -0.15) is 13.2 Å². The highest BCUT2D eigenvalue weighted by atomic mass is 32.2. The third-order valence-corrected chi connectivity index (χ3v) is 4.60. The lowest BCUT2D eigenvalue weighted by atomic mass is 10.1. The Kier molecular flexibility index (Phi) is 4.72. The number of halogens is 3. The molecule has 0 radical (unpaired) electrons. The van der Waals surface area contributed by atoms with Gasteiger partial charge in [-0.25, -0.2) is 4.98 Å². The molecule has 0 saturated heterocycles. The Balaban J connectivity index is 2.31. The normalized spacial score (nSPS) is 11.8. The Morgan fingerprint density at radius 1 is 1.35 bits per heavy atom. The van der Waals surface area contributed by atoms with Crippen LogP contribution in [0.3, 0.4) is 0 Å². The molecular weight excluding hydrogens is 305 g/mol. The second-order valence-electron chi connectivity index (χ2n) is 4.20. The van der Waals surface area contributed by atoms with Crippen LogP contribution in [0.2, 0.25) is 0 Å². The van der Waals surface area contributed by atoms with Gasteiger partial charge in [-0.1, -0.05) is 17.8 Å². The number of nitrogens with zero attached hydrogens (tertiary/aromatic N) is 1. The highest BCUT2D eigenvalue weighted by Crippen LogP contribution is 2.37. The van der Waals surface area contributed by atoms with Crippen LogP contribution in [-0.4, -0.2) is 12.0 Å². The molecule has 2 aromatic rings. The first-order chi connectivity index (χ1) is 9.40. The van der Waals surface area contributed by atoms with Gasteiger partial charge in [-0.3, -0.25) is 0 Å². The van der Waals surface area contributed by atoms with E-state index >= 15 is 0 Å². The van der Waals surface area contributed by atoms with Crippen molar-refractivity contribution in [2.75, 3.05) is 7.05 Å². The Hall–Kier alpha value is -1.05. The fraction of sp³-hybridized carbons (Fsp3) is 0.308. The van der Waals surface area contributed by atoms with Crippen molar-refractivity contribution >= 4 is 23.1 Å². The summed E-state index contributed by atoms with van der Waals surface area (Å²) < 4.78 is 39.9. The van der Waals surface area contributed by atoms with Crippen LogP contribution in [0.4, 0.5) is 13.2 Å². The Morgan fingerprint density at radius 3 is 2.65 bits per heavy atom. The van der Waals surface area contributed by atoms with Crippen molar-refractivity contribution in [3.63, 3.8) is 0 Å². The summed E-state index contributed by atoms with van der Waals surface area (Å²) in [4.78, 5) is 4.79. The fourth-order valence-electron chi connectivity index (χ4n) is 1.71. The smallest absolute Gasteiger partial charge is 0.316 e. The number of aromatic nitrogens is 1. The van der Waals surface area contributed by atoms with E-state index in [0.717, 1.165) is 10.0 Å². The van der Waals surface area contributed by atoms with E-state index in [1.807, 2.05) is 12.3 Å². The van der Waals surface area contributed by atoms with Gasteiger partial charge in [-0.05, 0) is 31.7 Å². The van der Waals surface area contributed by atoms with E-state index < -0.39 is 11.7 Å². The fourth-order valence-corrected chi connectivity index (χ4v) is 3.56. The molecule has 108 valence electrons. The molecule has 2 rings (SSSR count). The van der Waals surface area contributed by atoms with Crippen LogP contribution in [-0.2, 0) is 12.7 Å². The number of aryl methyl sites for hydroxylation is 1. The van der Waals surface area contributed by atoms with Gasteiger partial charge in [-0.15, -0.1) is 11.3 Å². The van der Waals surface area contributed by atoms with E-state index in [1.165, 1.54) is 35.2 Å². The molecule has 0 fully saturated rings. The summed E-state index contributed by atoms with van der Waals surface area (Å²) in [5.74, 6) is 0. The van der Waals surface area contributed by atoms with Gasteiger partial charge in [0.1, 0.15) is 0 Å². The van der Waals surface area contributed by atoms with E-state index in [1.54, 1.807) is 13.1 Å². The number of alkyl halides is 3. The molecule has 7 heteroatoms. The van der Waals surface area contributed by atoms with Crippen LogP contribution < -0.4 is 5.32 Å². The van der Waals surface area contributed by atoms with Gasteiger partial charge in [0.15, 0.2) is 4.34 Å². The summed E-state index contributed by atoms with van der Waals surface area (Å²) >= 11 is 2.68. The molecule has 0 aliphatic rings. The quantitative estimate of drug-likeness (QED) is 0.907. The summed E-state index contributed by atoms with van der Waals surface area (Å²) in [7, 11) is 1.63. The number of hydrogen-bond acceptors (Lipinski definition) is 4. The predicted octanol–water partition coefficient (Wildman–Crippen LogP) is 4.34. The van der Waals surface area contributed by atoms with Crippen molar-refractivity contribution in [3.8, 4) is 0 Å². The minimum atomic E-state index is -4.35. The minimum absolute atomic E-state index is 0.191. The molecule has 2 nitrogen and oxygen atoms in total. The van der Waals surface area contributed by atoms with E-state index in [0.29, 0.717) is 4.90 Å². The minimum Gasteiger partial charge on any atom is -0.316 e. The first kappa shape index (κ1) is 15.3. The molecule has 0 aliphatic heterocycles. The van der Waals surface area contributed by atoms with E-state index in [2.05, 4.69) is 10.3 Å². The average molecular weight is 318 g/mol. The van der Waals surface area contributed by atoms with Crippen LogP contribution in [0.5, 0.6) is 0 Å². The molecule has 0 unspecified atom stereocenters. The Morgan fingerprint density at radius 2 is 2.10 bits per heavy atom. The highest BCUT2D eigenvalue weighted by molar-refractivity contribution is 8.01. The molecule has 0 atom stereocenters. The van der Waals surface area contributed by atoms with Crippen molar-refractivity contribution in [1.82, 2.24) is 10.3 Å². The third-order valence-electron chi connectivity index (χ3n) is 2.56. The molecular formula is C13H13F3N2S2. The monoisotopic (exact) mass is 318 g/mol. The van der Waals surface area contributed by atoms with Crippen molar-refractivity contribution in [2.24, 2.45) is 0 Å². The van der Waals surface area contributed by atoms with Crippen molar-refractivity contribution in [1.29, 1.82) is 0 Å². The molecule has 1 N–H and O–H groups in total. The van der Waals surface area contributed by atoms with Crippen LogP contribution in [0, 0.1) is 6.92 Å². The lowest BCUT2D eigenvalue weighted by Crippen LogP contribution is -2.14. The number of thiazole rings is 1. The van der Waals surface area contributed by atoms with E-state index in [-0.39, 0.29) is 12.1 Å². The van der Waals surface area contributed by atoms with Gasteiger partial charge >= 0.3 is 6.18 Å². The lowest BCUT2D eigenvalue weighted by molar-refractivity contribution is -0.138. The lowest BCUT2D eigenvalue weighted by Gasteiger charge is -2.13. The van der Waals surface area contributed by atoms with Gasteiger partial charge in [0.2, 0.25) is 0 Å². The zero-order valence-electron chi connectivity index (χ0n) is 10.9. The van der Waals surface area contributed by atoms with Crippen LogP contribution >= 0.6 is 23.1 Å². The molecule has 0 aliphatic carbocycles. The van der Waals surface area contributed by atoms with Gasteiger partial charge in [0.25, 0.3) is 0 Å². The summed E-state index contributed by atoms with van der Waals surface area (Å²) in [6.45, 7) is 2.05. The highest BCUT2D eigenvalue weighted by Gasteiger charge is 2.33. The standard InChI is InChI=1S/C13H13F3N2S2/c1-8-7-19-12(18-8)20-10-4-3-9(6-17-2)11(5-10)13(14,15)16/h3-5,7,17H,6H2,1-2H3. The maximum Gasteiger partial charge on any atom is 0.416 e. The van der Waals surface area contributed by atoms with Crippen molar-refractivity contribution in [2.45, 2.75) is 28.9 Å². The zero-order valence-corrected chi connectivity index (χ0v) is 12.5. The molecule has 1 aromatic heterocycles. The SMILES string of the molecule is CNCc1ccc(Sc2nc(C)cs2)cc1C(F)(F)F. The molecule has 1 aromatic carbocycles.